The summed E-state index contributed by atoms with van der Waals surface area (Å²) in [5, 5.41) is 0. The molecule has 0 heterocycles. The van der Waals surface area contributed by atoms with Gasteiger partial charge in [0.25, 0.3) is 0 Å². The second kappa shape index (κ2) is 15.3. The van der Waals surface area contributed by atoms with E-state index < -0.39 is 0 Å². The molecule has 108 valence electrons. The van der Waals surface area contributed by atoms with E-state index in [0.717, 1.165) is 39.1 Å². The van der Waals surface area contributed by atoms with Crippen LogP contribution in [0.1, 0.15) is 0 Å². The number of nitrogens with zero attached hydrogens (tertiary/aromatic N) is 1. The molecule has 0 unspecified atom stereocenters. The molecule has 0 aromatic carbocycles. The van der Waals surface area contributed by atoms with Crippen LogP contribution in [0.25, 0.3) is 0 Å². The maximum atomic E-state index is 9.96. The van der Waals surface area contributed by atoms with Crippen LogP contribution >= 0.6 is 22.9 Å². The van der Waals surface area contributed by atoms with E-state index in [1.165, 1.54) is 0 Å². The van der Waals surface area contributed by atoms with Crippen LogP contribution < -0.4 is 3.53 Å². The summed E-state index contributed by atoms with van der Waals surface area (Å²) in [4.78, 5) is 12.1. The zero-order chi connectivity index (χ0) is 13.5. The molecule has 0 aliphatic heterocycles. The predicted molar refractivity (Wildman–Crippen MR) is 78.0 cm³/mol. The highest BCUT2D eigenvalue weighted by atomic mass is 127. The highest BCUT2D eigenvalue weighted by molar-refractivity contribution is 14.1. The van der Waals surface area contributed by atoms with Gasteiger partial charge in [0.05, 0.1) is 33.0 Å². The average Bonchev–Trinajstić information content (AvgIpc) is 2.37. The van der Waals surface area contributed by atoms with Gasteiger partial charge >= 0.3 is 0 Å². The number of carbonyl (C=O) groups is 1. The second-order valence-electron chi connectivity index (χ2n) is 3.65. The summed E-state index contributed by atoms with van der Waals surface area (Å²) in [6.45, 7) is 5.90. The lowest BCUT2D eigenvalue weighted by molar-refractivity contribution is -0.112. The van der Waals surface area contributed by atoms with Crippen LogP contribution in [0.2, 0.25) is 0 Å². The maximum absolute atomic E-state index is 9.96. The molecule has 0 spiro atoms. The maximum Gasteiger partial charge on any atom is 0.145 e. The van der Waals surface area contributed by atoms with Crippen LogP contribution in [0.5, 0.6) is 0 Å². The van der Waals surface area contributed by atoms with Gasteiger partial charge in [0, 0.05) is 42.5 Å². The van der Waals surface area contributed by atoms with Crippen LogP contribution in [0.3, 0.4) is 0 Å². The third-order valence-electron chi connectivity index (χ3n) is 2.13. The molecule has 1 N–H and O–H groups in total. The molecular weight excluding hydrogens is 351 g/mol. The van der Waals surface area contributed by atoms with E-state index in [4.69, 9.17) is 14.2 Å². The SMILES string of the molecule is CN(CCOCCNI)CCOCCOCC=O. The minimum atomic E-state index is 0.146. The molecule has 0 bridgehead atoms. The van der Waals surface area contributed by atoms with Crippen molar-refractivity contribution in [2.75, 3.05) is 66.3 Å². The number of ether oxygens (including phenoxy) is 3. The normalized spacial score (nSPS) is 11.1. The third kappa shape index (κ3) is 14.3. The molecule has 0 saturated carbocycles. The molecule has 0 atom stereocenters. The highest BCUT2D eigenvalue weighted by Crippen LogP contribution is 1.86. The molecule has 0 aromatic heterocycles. The van der Waals surface area contributed by atoms with Crippen molar-refractivity contribution < 1.29 is 19.0 Å². The molecule has 0 radical (unpaired) electrons. The monoisotopic (exact) mass is 374 g/mol. The smallest absolute Gasteiger partial charge is 0.145 e. The lowest BCUT2D eigenvalue weighted by Crippen LogP contribution is -2.28. The molecule has 0 amide bonds. The van der Waals surface area contributed by atoms with Gasteiger partial charge in [-0.05, 0) is 7.05 Å². The Bertz CT molecular complexity index is 186. The average molecular weight is 374 g/mol. The fourth-order valence-corrected chi connectivity index (χ4v) is 1.34. The topological polar surface area (TPSA) is 60.0 Å². The van der Waals surface area contributed by atoms with E-state index in [0.29, 0.717) is 19.8 Å². The Morgan fingerprint density at radius 2 is 1.67 bits per heavy atom. The molecule has 0 fully saturated rings. The van der Waals surface area contributed by atoms with Crippen molar-refractivity contribution in [1.29, 1.82) is 0 Å². The summed E-state index contributed by atoms with van der Waals surface area (Å²) in [7, 11) is 2.03. The third-order valence-corrected chi connectivity index (χ3v) is 2.67. The van der Waals surface area contributed by atoms with Gasteiger partial charge in [-0.3, -0.25) is 3.53 Å². The van der Waals surface area contributed by atoms with Crippen molar-refractivity contribution in [3.05, 3.63) is 0 Å². The summed E-state index contributed by atoms with van der Waals surface area (Å²) in [5.41, 5.74) is 0. The van der Waals surface area contributed by atoms with Crippen molar-refractivity contribution >= 4 is 29.2 Å². The van der Waals surface area contributed by atoms with Gasteiger partial charge in [0.2, 0.25) is 0 Å². The largest absolute Gasteiger partial charge is 0.379 e. The van der Waals surface area contributed by atoms with E-state index >= 15 is 0 Å². The first-order valence-electron chi connectivity index (χ1n) is 6.00. The van der Waals surface area contributed by atoms with E-state index in [1.807, 2.05) is 7.05 Å². The van der Waals surface area contributed by atoms with Crippen molar-refractivity contribution in [2.24, 2.45) is 0 Å². The van der Waals surface area contributed by atoms with Crippen LogP contribution in [0.4, 0.5) is 0 Å². The summed E-state index contributed by atoms with van der Waals surface area (Å²) in [5.74, 6) is 0. The molecular formula is C11H23IN2O4. The lowest BCUT2D eigenvalue weighted by Gasteiger charge is -2.16. The van der Waals surface area contributed by atoms with Gasteiger partial charge in [-0.1, -0.05) is 0 Å². The first-order chi connectivity index (χ1) is 8.81. The highest BCUT2D eigenvalue weighted by Gasteiger charge is 1.98. The Labute approximate surface area is 123 Å². The van der Waals surface area contributed by atoms with Gasteiger partial charge in [0.15, 0.2) is 0 Å². The quantitative estimate of drug-likeness (QED) is 0.202. The van der Waals surface area contributed by atoms with Crippen molar-refractivity contribution in [2.45, 2.75) is 0 Å². The Morgan fingerprint density at radius 3 is 2.28 bits per heavy atom. The van der Waals surface area contributed by atoms with Crippen LogP contribution in [0, 0.1) is 0 Å². The number of nitrogens with one attached hydrogen (secondary N) is 1. The predicted octanol–water partition coefficient (Wildman–Crippen LogP) is 0.107. The number of aldehydes is 1. The van der Waals surface area contributed by atoms with Crippen LogP contribution in [-0.4, -0.2) is 77.5 Å². The molecule has 0 rings (SSSR count). The zero-order valence-electron chi connectivity index (χ0n) is 10.9. The summed E-state index contributed by atoms with van der Waals surface area (Å²) < 4.78 is 18.7. The molecule has 0 aromatic rings. The molecule has 7 heteroatoms. The minimum Gasteiger partial charge on any atom is -0.379 e. The van der Waals surface area contributed by atoms with Crippen molar-refractivity contribution in [3.63, 3.8) is 0 Å². The standard InChI is InChI=1S/C11H23IN2O4/c1-14(3-7-16-6-2-13-12)4-8-17-10-11-18-9-5-15/h5,13H,2-4,6-11H2,1H3. The van der Waals surface area contributed by atoms with E-state index in [-0.39, 0.29) is 6.61 Å². The number of rotatable bonds is 14. The van der Waals surface area contributed by atoms with E-state index in [2.05, 4.69) is 31.3 Å². The van der Waals surface area contributed by atoms with Gasteiger partial charge in [-0.15, -0.1) is 0 Å². The van der Waals surface area contributed by atoms with Crippen LogP contribution in [-0.2, 0) is 19.0 Å². The van der Waals surface area contributed by atoms with E-state index in [9.17, 15) is 4.79 Å². The summed E-state index contributed by atoms with van der Waals surface area (Å²) in [6, 6.07) is 0. The van der Waals surface area contributed by atoms with Gasteiger partial charge in [-0.25, -0.2) is 0 Å². The zero-order valence-corrected chi connectivity index (χ0v) is 13.1. The fourth-order valence-electron chi connectivity index (χ4n) is 1.12. The lowest BCUT2D eigenvalue weighted by atomic mass is 10.5. The van der Waals surface area contributed by atoms with Crippen molar-refractivity contribution in [3.8, 4) is 0 Å². The number of hydrogen-bond acceptors (Lipinski definition) is 6. The Balaban J connectivity index is 3.11. The molecule has 0 saturated heterocycles. The Morgan fingerprint density at radius 1 is 1.06 bits per heavy atom. The molecule has 6 nitrogen and oxygen atoms in total. The van der Waals surface area contributed by atoms with Gasteiger partial charge in [-0.2, -0.15) is 0 Å². The van der Waals surface area contributed by atoms with Gasteiger partial charge < -0.3 is 23.9 Å². The Hall–Kier alpha value is 0.200. The van der Waals surface area contributed by atoms with E-state index in [1.54, 1.807) is 0 Å². The molecule has 0 aliphatic rings. The van der Waals surface area contributed by atoms with Crippen LogP contribution in [0.15, 0.2) is 0 Å². The van der Waals surface area contributed by atoms with Gasteiger partial charge in [0.1, 0.15) is 12.9 Å². The van der Waals surface area contributed by atoms with Crippen molar-refractivity contribution in [1.82, 2.24) is 8.43 Å². The number of hydrogen-bond donors (Lipinski definition) is 1. The summed E-state index contributed by atoms with van der Waals surface area (Å²) in [6.07, 6.45) is 0.737. The number of likely N-dealkylation sites (N-methyl/N-ethyl adjacent to an activating group) is 1. The first kappa shape index (κ1) is 18.2. The molecule has 0 aliphatic carbocycles. The first-order valence-corrected chi connectivity index (χ1v) is 7.08. The molecule has 18 heavy (non-hydrogen) atoms. The summed E-state index contributed by atoms with van der Waals surface area (Å²) >= 11 is 2.10. The fraction of sp³-hybridized carbons (Fsp3) is 0.909. The number of carbonyl (C=O) groups excluding carboxylic acids is 1. The minimum absolute atomic E-state index is 0.146. The second-order valence-corrected chi connectivity index (χ2v) is 4.42. The Kier molecular flexibility index (Phi) is 15.4. The number of halogens is 1.